The molecule has 1 aromatic carbocycles. The molecule has 110 valence electrons. The van der Waals surface area contributed by atoms with Gasteiger partial charge in [-0.1, -0.05) is 35.0 Å². The van der Waals surface area contributed by atoms with Gasteiger partial charge in [-0.05, 0) is 31.0 Å². The summed E-state index contributed by atoms with van der Waals surface area (Å²) in [6.45, 7) is 4.32. The molecule has 0 amide bonds. The van der Waals surface area contributed by atoms with Crippen molar-refractivity contribution >= 4 is 43.1 Å². The Bertz CT molecular complexity index is 985. The topological polar surface area (TPSA) is 43.1 Å². The van der Waals surface area contributed by atoms with E-state index in [1.54, 1.807) is 22.2 Å². The minimum Gasteiger partial charge on any atom is -0.225 e. The van der Waals surface area contributed by atoms with Crippen molar-refractivity contribution in [2.75, 3.05) is 0 Å². The van der Waals surface area contributed by atoms with Crippen LogP contribution in [0.15, 0.2) is 35.1 Å². The van der Waals surface area contributed by atoms with E-state index in [4.69, 9.17) is 4.98 Å². The third-order valence-corrected chi connectivity index (χ3v) is 5.37. The number of aryl methyl sites for hydroxylation is 2. The lowest BCUT2D eigenvalue weighted by atomic mass is 10.1. The number of fused-ring (bicyclic) bond motifs is 3. The molecule has 0 saturated heterocycles. The van der Waals surface area contributed by atoms with Crippen LogP contribution in [0.3, 0.4) is 0 Å². The Labute approximate surface area is 140 Å². The third kappa shape index (κ3) is 2.06. The molecule has 0 aliphatic heterocycles. The number of hydrogen-bond acceptors (Lipinski definition) is 4. The quantitative estimate of drug-likeness (QED) is 0.514. The molecule has 0 aliphatic carbocycles. The Morgan fingerprint density at radius 1 is 1.23 bits per heavy atom. The van der Waals surface area contributed by atoms with Gasteiger partial charge in [-0.3, -0.25) is 0 Å². The molecule has 22 heavy (non-hydrogen) atoms. The molecule has 4 nitrogen and oxygen atoms in total. The highest BCUT2D eigenvalue weighted by molar-refractivity contribution is 9.10. The number of halogens is 1. The molecular formula is C16H13BrN4S. The highest BCUT2D eigenvalue weighted by atomic mass is 79.9. The van der Waals surface area contributed by atoms with Crippen molar-refractivity contribution in [1.82, 2.24) is 19.6 Å². The van der Waals surface area contributed by atoms with E-state index >= 15 is 0 Å². The lowest BCUT2D eigenvalue weighted by Gasteiger charge is -1.96. The Hall–Kier alpha value is -1.79. The molecular weight excluding hydrogens is 360 g/mol. The Morgan fingerprint density at radius 2 is 2.00 bits per heavy atom. The summed E-state index contributed by atoms with van der Waals surface area (Å²) in [5, 5.41) is 5.72. The van der Waals surface area contributed by atoms with E-state index < -0.39 is 0 Å². The number of nitrogens with zero attached hydrogens (tertiary/aromatic N) is 4. The molecule has 0 N–H and O–H groups in total. The molecule has 3 heterocycles. The fraction of sp³-hybridized carbons (Fsp3) is 0.188. The Morgan fingerprint density at radius 3 is 2.73 bits per heavy atom. The van der Waals surface area contributed by atoms with Crippen LogP contribution in [0.5, 0.6) is 0 Å². The molecule has 0 unspecified atom stereocenters. The van der Waals surface area contributed by atoms with Crippen LogP contribution in [0.25, 0.3) is 27.3 Å². The van der Waals surface area contributed by atoms with Crippen LogP contribution in [-0.4, -0.2) is 19.6 Å². The van der Waals surface area contributed by atoms with E-state index in [1.165, 1.54) is 10.4 Å². The first kappa shape index (κ1) is 13.8. The summed E-state index contributed by atoms with van der Waals surface area (Å²) in [5.41, 5.74) is 3.22. The average molecular weight is 373 g/mol. The third-order valence-electron chi connectivity index (χ3n) is 3.79. The summed E-state index contributed by atoms with van der Waals surface area (Å²) in [7, 11) is 0. The van der Waals surface area contributed by atoms with Gasteiger partial charge in [0.2, 0.25) is 0 Å². The number of hydrogen-bond donors (Lipinski definition) is 0. The maximum atomic E-state index is 4.77. The van der Waals surface area contributed by atoms with Gasteiger partial charge in [0, 0.05) is 14.9 Å². The number of benzene rings is 1. The van der Waals surface area contributed by atoms with Gasteiger partial charge in [0.15, 0.2) is 11.5 Å². The zero-order chi connectivity index (χ0) is 15.3. The monoisotopic (exact) mass is 372 g/mol. The van der Waals surface area contributed by atoms with Gasteiger partial charge in [-0.25, -0.2) is 14.5 Å². The van der Waals surface area contributed by atoms with Crippen molar-refractivity contribution in [1.29, 1.82) is 0 Å². The number of thiophene rings is 1. The zero-order valence-electron chi connectivity index (χ0n) is 12.2. The largest absolute Gasteiger partial charge is 0.225 e. The second-order valence-electron chi connectivity index (χ2n) is 5.13. The summed E-state index contributed by atoms with van der Waals surface area (Å²) in [4.78, 5) is 11.6. The minimum atomic E-state index is 0.729. The van der Waals surface area contributed by atoms with Crippen molar-refractivity contribution in [2.45, 2.75) is 20.3 Å². The number of aromatic nitrogens is 4. The fourth-order valence-corrected chi connectivity index (χ4v) is 4.05. The molecule has 6 heteroatoms. The van der Waals surface area contributed by atoms with E-state index in [9.17, 15) is 0 Å². The average Bonchev–Trinajstić information content (AvgIpc) is 3.07. The van der Waals surface area contributed by atoms with Gasteiger partial charge in [0.05, 0.1) is 5.39 Å². The van der Waals surface area contributed by atoms with Crippen molar-refractivity contribution in [3.8, 4) is 11.4 Å². The van der Waals surface area contributed by atoms with E-state index in [0.29, 0.717) is 0 Å². The first-order chi connectivity index (χ1) is 10.7. The predicted octanol–water partition coefficient (Wildman–Crippen LogP) is 4.64. The lowest BCUT2D eigenvalue weighted by Crippen LogP contribution is -1.91. The summed E-state index contributed by atoms with van der Waals surface area (Å²) in [6.07, 6.45) is 2.73. The summed E-state index contributed by atoms with van der Waals surface area (Å²) >= 11 is 5.18. The molecule has 4 rings (SSSR count). The van der Waals surface area contributed by atoms with Crippen molar-refractivity contribution < 1.29 is 0 Å². The van der Waals surface area contributed by atoms with E-state index in [2.05, 4.69) is 39.9 Å². The maximum absolute atomic E-state index is 4.77. The van der Waals surface area contributed by atoms with Crippen molar-refractivity contribution in [3.63, 3.8) is 0 Å². The van der Waals surface area contributed by atoms with Crippen molar-refractivity contribution in [2.24, 2.45) is 0 Å². The van der Waals surface area contributed by atoms with Gasteiger partial charge in [0.1, 0.15) is 11.2 Å². The summed E-state index contributed by atoms with van der Waals surface area (Å²) < 4.78 is 2.83. The van der Waals surface area contributed by atoms with Gasteiger partial charge in [-0.15, -0.1) is 16.4 Å². The standard InChI is InChI=1S/C16H13BrN4S/c1-3-12-9(2)22-16-13(12)15-19-14(20-21(15)8-18-16)10-4-6-11(17)7-5-10/h4-8H,3H2,1-2H3. The fourth-order valence-electron chi connectivity index (χ4n) is 2.71. The van der Waals surface area contributed by atoms with Crippen LogP contribution in [-0.2, 0) is 6.42 Å². The minimum absolute atomic E-state index is 0.729. The number of rotatable bonds is 2. The molecule has 0 aliphatic rings. The van der Waals surface area contributed by atoms with E-state index in [0.717, 1.165) is 38.1 Å². The van der Waals surface area contributed by atoms with Crippen LogP contribution in [0, 0.1) is 6.92 Å². The van der Waals surface area contributed by atoms with Crippen LogP contribution < -0.4 is 0 Å². The Balaban J connectivity index is 2.00. The van der Waals surface area contributed by atoms with Gasteiger partial charge < -0.3 is 0 Å². The van der Waals surface area contributed by atoms with E-state index in [1.807, 2.05) is 24.3 Å². The van der Waals surface area contributed by atoms with Gasteiger partial charge >= 0.3 is 0 Å². The second kappa shape index (κ2) is 5.14. The summed E-state index contributed by atoms with van der Waals surface area (Å²) in [5.74, 6) is 0.729. The molecule has 0 atom stereocenters. The maximum Gasteiger partial charge on any atom is 0.182 e. The predicted molar refractivity (Wildman–Crippen MR) is 93.4 cm³/mol. The van der Waals surface area contributed by atoms with Crippen LogP contribution in [0.2, 0.25) is 0 Å². The first-order valence-electron chi connectivity index (χ1n) is 7.06. The van der Waals surface area contributed by atoms with Gasteiger partial charge in [0.25, 0.3) is 0 Å². The molecule has 0 bridgehead atoms. The Kier molecular flexibility index (Phi) is 3.23. The van der Waals surface area contributed by atoms with Crippen LogP contribution >= 0.6 is 27.3 Å². The van der Waals surface area contributed by atoms with Crippen LogP contribution in [0.1, 0.15) is 17.4 Å². The normalized spacial score (nSPS) is 11.6. The molecule has 3 aromatic heterocycles. The van der Waals surface area contributed by atoms with Crippen molar-refractivity contribution in [3.05, 3.63) is 45.5 Å². The lowest BCUT2D eigenvalue weighted by molar-refractivity contribution is 0.939. The zero-order valence-corrected chi connectivity index (χ0v) is 14.6. The molecule has 0 saturated carbocycles. The molecule has 0 spiro atoms. The molecule has 4 aromatic rings. The molecule has 0 radical (unpaired) electrons. The SMILES string of the molecule is CCc1c(C)sc2ncn3nc(-c4ccc(Br)cc4)nc3c12. The highest BCUT2D eigenvalue weighted by Gasteiger charge is 2.16. The van der Waals surface area contributed by atoms with Crippen LogP contribution in [0.4, 0.5) is 0 Å². The highest BCUT2D eigenvalue weighted by Crippen LogP contribution is 2.32. The first-order valence-corrected chi connectivity index (χ1v) is 8.67. The van der Waals surface area contributed by atoms with Gasteiger partial charge in [-0.2, -0.15) is 0 Å². The second-order valence-corrected chi connectivity index (χ2v) is 7.24. The van der Waals surface area contributed by atoms with E-state index in [-0.39, 0.29) is 0 Å². The molecule has 0 fully saturated rings. The smallest absolute Gasteiger partial charge is 0.182 e. The summed E-state index contributed by atoms with van der Waals surface area (Å²) in [6, 6.07) is 8.04.